The molecule has 0 aliphatic heterocycles. The van der Waals surface area contributed by atoms with Crippen LogP contribution in [-0.4, -0.2) is 44.8 Å². The van der Waals surface area contributed by atoms with Crippen molar-refractivity contribution in [3.63, 3.8) is 0 Å². The van der Waals surface area contributed by atoms with Crippen LogP contribution >= 0.6 is 11.8 Å². The van der Waals surface area contributed by atoms with Crippen molar-refractivity contribution in [3.05, 3.63) is 35.4 Å². The third-order valence-electron chi connectivity index (χ3n) is 3.05. The third-order valence-corrected chi connectivity index (χ3v) is 3.79. The summed E-state index contributed by atoms with van der Waals surface area (Å²) in [5.41, 5.74) is 2.16. The Balaban J connectivity index is 2.31. The Bertz CT molecular complexity index is 509. The van der Waals surface area contributed by atoms with Crippen LogP contribution in [0.3, 0.4) is 0 Å². The van der Waals surface area contributed by atoms with Crippen molar-refractivity contribution in [3.8, 4) is 11.5 Å². The molecule has 1 aromatic carbocycles. The lowest BCUT2D eigenvalue weighted by Gasteiger charge is -2.14. The highest BCUT2D eigenvalue weighted by atomic mass is 32.2. The Morgan fingerprint density at radius 1 is 1.12 bits per heavy atom. The van der Waals surface area contributed by atoms with Crippen LogP contribution in [0.25, 0.3) is 0 Å². The summed E-state index contributed by atoms with van der Waals surface area (Å²) in [6.45, 7) is 7.75. The molecule has 0 unspecified atom stereocenters. The first kappa shape index (κ1) is 20.4. The van der Waals surface area contributed by atoms with Gasteiger partial charge in [0.15, 0.2) is 0 Å². The van der Waals surface area contributed by atoms with Crippen molar-refractivity contribution in [2.75, 3.05) is 38.6 Å². The van der Waals surface area contributed by atoms with E-state index in [1.165, 1.54) is 7.11 Å². The fourth-order valence-electron chi connectivity index (χ4n) is 1.98. The number of thioether (sulfide) groups is 1. The predicted octanol–water partition coefficient (Wildman–Crippen LogP) is 3.98. The summed E-state index contributed by atoms with van der Waals surface area (Å²) in [4.78, 5) is 4.55. The standard InChI is InChI=1S/C18H27NO4S/c1-5-6-8-22-17-12-15(2)18(16(3)13-17)23-14-24-11-10-21-9-7-19-20-4/h5-7,12-13H,8-11,14H2,1-4H3/b6-5+,19-7+. The van der Waals surface area contributed by atoms with Gasteiger partial charge >= 0.3 is 0 Å². The van der Waals surface area contributed by atoms with Gasteiger partial charge in [0.05, 0.1) is 19.4 Å². The van der Waals surface area contributed by atoms with Crippen LogP contribution in [0.4, 0.5) is 0 Å². The zero-order chi connectivity index (χ0) is 17.6. The number of rotatable bonds is 12. The molecule has 0 bridgehead atoms. The molecule has 0 aliphatic rings. The van der Waals surface area contributed by atoms with E-state index in [4.69, 9.17) is 14.2 Å². The van der Waals surface area contributed by atoms with Gasteiger partial charge in [-0.25, -0.2) is 0 Å². The summed E-state index contributed by atoms with van der Waals surface area (Å²) in [5.74, 6) is 3.25. The molecule has 0 heterocycles. The van der Waals surface area contributed by atoms with Gasteiger partial charge in [0.25, 0.3) is 0 Å². The van der Waals surface area contributed by atoms with E-state index >= 15 is 0 Å². The molecule has 0 aliphatic carbocycles. The third kappa shape index (κ3) is 8.26. The van der Waals surface area contributed by atoms with E-state index in [9.17, 15) is 0 Å². The van der Waals surface area contributed by atoms with Crippen molar-refractivity contribution in [1.29, 1.82) is 0 Å². The lowest BCUT2D eigenvalue weighted by Crippen LogP contribution is -2.04. The number of hydrogen-bond acceptors (Lipinski definition) is 6. The predicted molar refractivity (Wildman–Crippen MR) is 100 cm³/mol. The Morgan fingerprint density at radius 3 is 2.54 bits per heavy atom. The summed E-state index contributed by atoms with van der Waals surface area (Å²) >= 11 is 1.69. The minimum Gasteiger partial charge on any atom is -0.490 e. The van der Waals surface area contributed by atoms with Crippen molar-refractivity contribution in [1.82, 2.24) is 0 Å². The molecule has 0 fully saturated rings. The van der Waals surface area contributed by atoms with Gasteiger partial charge in [0, 0.05) is 5.75 Å². The molecule has 0 N–H and O–H groups in total. The van der Waals surface area contributed by atoms with Gasteiger partial charge in [-0.2, -0.15) is 0 Å². The highest BCUT2D eigenvalue weighted by molar-refractivity contribution is 7.99. The Hall–Kier alpha value is -1.66. The van der Waals surface area contributed by atoms with Crippen molar-refractivity contribution >= 4 is 18.0 Å². The molecule has 0 spiro atoms. The Labute approximate surface area is 149 Å². The van der Waals surface area contributed by atoms with Gasteiger partial charge in [-0.05, 0) is 44.0 Å². The molecule has 6 heteroatoms. The molecule has 0 radical (unpaired) electrons. The van der Waals surface area contributed by atoms with Crippen LogP contribution in [-0.2, 0) is 9.57 Å². The number of benzene rings is 1. The molecule has 0 atom stereocenters. The number of oxime groups is 1. The number of aryl methyl sites for hydroxylation is 2. The van der Waals surface area contributed by atoms with E-state index in [-0.39, 0.29) is 0 Å². The van der Waals surface area contributed by atoms with Gasteiger partial charge in [0.2, 0.25) is 0 Å². The highest BCUT2D eigenvalue weighted by Gasteiger charge is 2.07. The number of hydrogen-bond donors (Lipinski definition) is 0. The van der Waals surface area contributed by atoms with Gasteiger partial charge in [0.1, 0.15) is 31.2 Å². The molecular weight excluding hydrogens is 326 g/mol. The summed E-state index contributed by atoms with van der Waals surface area (Å²) in [6, 6.07) is 4.02. The van der Waals surface area contributed by atoms with Gasteiger partial charge in [-0.15, -0.1) is 11.8 Å². The second-order valence-electron chi connectivity index (χ2n) is 4.98. The van der Waals surface area contributed by atoms with Crippen molar-refractivity contribution in [2.45, 2.75) is 20.8 Å². The van der Waals surface area contributed by atoms with Gasteiger partial charge in [-0.1, -0.05) is 17.3 Å². The normalized spacial score (nSPS) is 11.3. The summed E-state index contributed by atoms with van der Waals surface area (Å²) < 4.78 is 16.9. The lowest BCUT2D eigenvalue weighted by atomic mass is 10.1. The lowest BCUT2D eigenvalue weighted by molar-refractivity contribution is 0.181. The second-order valence-corrected chi connectivity index (χ2v) is 6.03. The van der Waals surface area contributed by atoms with E-state index in [0.717, 1.165) is 28.4 Å². The van der Waals surface area contributed by atoms with Gasteiger partial charge in [-0.3, -0.25) is 0 Å². The molecule has 0 amide bonds. The molecule has 24 heavy (non-hydrogen) atoms. The van der Waals surface area contributed by atoms with E-state index in [1.807, 2.05) is 45.1 Å². The van der Waals surface area contributed by atoms with Crippen LogP contribution in [0.15, 0.2) is 29.4 Å². The zero-order valence-corrected chi connectivity index (χ0v) is 15.7. The van der Waals surface area contributed by atoms with Crippen LogP contribution in [0.2, 0.25) is 0 Å². The minimum atomic E-state index is 0.460. The quantitative estimate of drug-likeness (QED) is 0.187. The Kier molecular flexibility index (Phi) is 10.8. The number of nitrogens with zero attached hydrogens (tertiary/aromatic N) is 1. The van der Waals surface area contributed by atoms with E-state index < -0.39 is 0 Å². The van der Waals surface area contributed by atoms with Crippen LogP contribution in [0.1, 0.15) is 18.1 Å². The van der Waals surface area contributed by atoms with Crippen LogP contribution in [0.5, 0.6) is 11.5 Å². The summed E-state index contributed by atoms with van der Waals surface area (Å²) in [6.07, 6.45) is 5.55. The number of ether oxygens (including phenoxy) is 3. The van der Waals surface area contributed by atoms with E-state index in [1.54, 1.807) is 18.0 Å². The molecular formula is C18H27NO4S. The molecule has 0 saturated heterocycles. The monoisotopic (exact) mass is 353 g/mol. The SMILES string of the molecule is C/C=C/COc1cc(C)c(OCSCCOC/C=N/OC)c(C)c1. The first-order valence-electron chi connectivity index (χ1n) is 7.87. The van der Waals surface area contributed by atoms with Crippen molar-refractivity contribution in [2.24, 2.45) is 5.16 Å². The maximum atomic E-state index is 5.88. The highest BCUT2D eigenvalue weighted by Crippen LogP contribution is 2.29. The number of allylic oxidation sites excluding steroid dienone is 1. The summed E-state index contributed by atoms with van der Waals surface area (Å²) in [7, 11) is 1.51. The maximum Gasteiger partial charge on any atom is 0.134 e. The average Bonchev–Trinajstić information content (AvgIpc) is 2.55. The van der Waals surface area contributed by atoms with Crippen LogP contribution in [0, 0.1) is 13.8 Å². The fraction of sp³-hybridized carbons (Fsp3) is 0.500. The molecule has 0 aromatic heterocycles. The first-order chi connectivity index (χ1) is 11.7. The van der Waals surface area contributed by atoms with Crippen LogP contribution < -0.4 is 9.47 Å². The molecule has 1 aromatic rings. The molecule has 0 saturated carbocycles. The second kappa shape index (κ2) is 12.7. The topological polar surface area (TPSA) is 49.3 Å². The summed E-state index contributed by atoms with van der Waals surface area (Å²) in [5, 5.41) is 3.60. The van der Waals surface area contributed by atoms with Gasteiger partial charge < -0.3 is 19.0 Å². The first-order valence-corrected chi connectivity index (χ1v) is 9.03. The fourth-order valence-corrected chi connectivity index (χ4v) is 2.54. The Morgan fingerprint density at radius 2 is 1.88 bits per heavy atom. The molecule has 5 nitrogen and oxygen atoms in total. The zero-order valence-electron chi connectivity index (χ0n) is 14.9. The van der Waals surface area contributed by atoms with E-state index in [0.29, 0.717) is 25.8 Å². The molecule has 1 rings (SSSR count). The maximum absolute atomic E-state index is 5.88. The minimum absolute atomic E-state index is 0.460. The van der Waals surface area contributed by atoms with Crippen molar-refractivity contribution < 1.29 is 19.0 Å². The average molecular weight is 353 g/mol. The van der Waals surface area contributed by atoms with E-state index in [2.05, 4.69) is 9.99 Å². The smallest absolute Gasteiger partial charge is 0.134 e. The molecule has 134 valence electrons. The largest absolute Gasteiger partial charge is 0.490 e.